The van der Waals surface area contributed by atoms with E-state index in [0.717, 1.165) is 17.8 Å². The minimum atomic E-state index is -3.30. The van der Waals surface area contributed by atoms with E-state index in [0.29, 0.717) is 52.8 Å². The molecule has 2 aromatic carbocycles. The highest BCUT2D eigenvalue weighted by Crippen LogP contribution is 2.49. The number of aliphatic hydroxyl groups excluding tert-OH is 1. The molecule has 3 aromatic rings. The van der Waals surface area contributed by atoms with Crippen molar-refractivity contribution in [2.45, 2.75) is 38.3 Å². The Morgan fingerprint density at radius 1 is 1.22 bits per heavy atom. The number of piperidine rings is 1. The summed E-state index contributed by atoms with van der Waals surface area (Å²) in [5.41, 5.74) is 1.12. The van der Waals surface area contributed by atoms with E-state index in [1.165, 1.54) is 18.6 Å². The van der Waals surface area contributed by atoms with E-state index in [1.807, 2.05) is 19.1 Å². The minimum absolute atomic E-state index is 0.227. The van der Waals surface area contributed by atoms with Gasteiger partial charge in [-0.1, -0.05) is 18.2 Å². The molecule has 192 valence electrons. The van der Waals surface area contributed by atoms with E-state index in [2.05, 4.69) is 27.2 Å². The summed E-state index contributed by atoms with van der Waals surface area (Å²) in [7, 11) is 3.75. The Labute approximate surface area is 209 Å². The Kier molecular flexibility index (Phi) is 6.46. The molecule has 1 aliphatic carbocycles. The summed E-state index contributed by atoms with van der Waals surface area (Å²) in [5, 5.41) is 13.2. The summed E-state index contributed by atoms with van der Waals surface area (Å²) in [6, 6.07) is 9.86. The summed E-state index contributed by atoms with van der Waals surface area (Å²) in [6.07, 6.45) is 1.28. The summed E-state index contributed by atoms with van der Waals surface area (Å²) in [5.74, 6) is 0.579. The van der Waals surface area contributed by atoms with Crippen LogP contribution in [0.4, 0.5) is 14.6 Å². The molecule has 0 spiro atoms. The largest absolute Gasteiger partial charge is 0.493 e. The maximum absolute atomic E-state index is 14.0. The van der Waals surface area contributed by atoms with Crippen LogP contribution < -0.4 is 14.8 Å². The number of likely N-dealkylation sites (tertiary alicyclic amines) is 1. The Hall–Kier alpha value is -3.04. The van der Waals surface area contributed by atoms with Gasteiger partial charge in [-0.2, -0.15) is 8.78 Å². The van der Waals surface area contributed by atoms with Crippen LogP contribution >= 0.6 is 0 Å². The van der Waals surface area contributed by atoms with E-state index in [-0.39, 0.29) is 11.6 Å². The van der Waals surface area contributed by atoms with Crippen molar-refractivity contribution in [2.75, 3.05) is 39.2 Å². The Bertz CT molecular complexity index is 1270. The van der Waals surface area contributed by atoms with E-state index in [9.17, 15) is 8.78 Å². The van der Waals surface area contributed by atoms with Gasteiger partial charge in [-0.25, -0.2) is 9.97 Å². The van der Waals surface area contributed by atoms with Crippen molar-refractivity contribution in [1.29, 1.82) is 0 Å². The second-order valence-electron chi connectivity index (χ2n) is 9.97. The quantitative estimate of drug-likeness (QED) is 0.449. The van der Waals surface area contributed by atoms with Crippen molar-refractivity contribution in [1.82, 2.24) is 14.9 Å². The lowest BCUT2D eigenvalue weighted by molar-refractivity contribution is -0.0556. The van der Waals surface area contributed by atoms with Gasteiger partial charge in [-0.05, 0) is 56.8 Å². The van der Waals surface area contributed by atoms with Crippen LogP contribution in [0.3, 0.4) is 0 Å². The first-order valence-corrected chi connectivity index (χ1v) is 12.2. The monoisotopic (exact) mass is 498 g/mol. The number of likely N-dealkylation sites (N-methyl/N-ethyl adjacent to an activating group) is 1. The average molecular weight is 499 g/mol. The number of alkyl halides is 2. The van der Waals surface area contributed by atoms with Gasteiger partial charge in [0.2, 0.25) is 0 Å². The number of halogens is 2. The number of rotatable bonds is 9. The first kappa shape index (κ1) is 24.6. The number of methoxy groups -OCH3 is 1. The SMILES string of the molecule is COc1cc2nc(C)nc(N[C@H](C)c3cccc(C(F)(F)CO)c3)c2cc1OC[C@@H]1C2CC2CN1C. The van der Waals surface area contributed by atoms with Crippen LogP contribution in [0, 0.1) is 18.8 Å². The molecule has 2 aliphatic rings. The molecular formula is C27H32F2N4O3. The maximum atomic E-state index is 14.0. The van der Waals surface area contributed by atoms with Crippen molar-refractivity contribution < 1.29 is 23.4 Å². The van der Waals surface area contributed by atoms with E-state index in [1.54, 1.807) is 26.2 Å². The number of fused-ring (bicyclic) bond motifs is 2. The van der Waals surface area contributed by atoms with Crippen LogP contribution in [0.25, 0.3) is 10.9 Å². The molecule has 2 fully saturated rings. The number of aryl methyl sites for hydroxylation is 1. The zero-order valence-electron chi connectivity index (χ0n) is 21.0. The molecule has 7 nitrogen and oxygen atoms in total. The third kappa shape index (κ3) is 4.69. The van der Waals surface area contributed by atoms with Gasteiger partial charge in [-0.15, -0.1) is 0 Å². The Balaban J connectivity index is 1.43. The molecule has 2 unspecified atom stereocenters. The molecule has 0 bridgehead atoms. The topological polar surface area (TPSA) is 79.7 Å². The van der Waals surface area contributed by atoms with Crippen molar-refractivity contribution in [3.05, 3.63) is 53.3 Å². The number of hydrogen-bond acceptors (Lipinski definition) is 7. The zero-order chi connectivity index (χ0) is 25.6. The molecule has 1 saturated heterocycles. The minimum Gasteiger partial charge on any atom is -0.493 e. The maximum Gasteiger partial charge on any atom is 0.295 e. The van der Waals surface area contributed by atoms with Gasteiger partial charge in [0.15, 0.2) is 11.5 Å². The van der Waals surface area contributed by atoms with E-state index < -0.39 is 12.5 Å². The third-order valence-corrected chi connectivity index (χ3v) is 7.42. The number of aliphatic hydroxyl groups is 1. The molecule has 1 aliphatic heterocycles. The first-order valence-electron chi connectivity index (χ1n) is 12.2. The summed E-state index contributed by atoms with van der Waals surface area (Å²) in [4.78, 5) is 11.5. The third-order valence-electron chi connectivity index (χ3n) is 7.42. The lowest BCUT2D eigenvalue weighted by Gasteiger charge is -2.24. The van der Waals surface area contributed by atoms with Crippen molar-refractivity contribution in [2.24, 2.45) is 11.8 Å². The fraction of sp³-hybridized carbons (Fsp3) is 0.481. The molecule has 4 atom stereocenters. The van der Waals surface area contributed by atoms with Crippen LogP contribution in [-0.2, 0) is 5.92 Å². The Morgan fingerprint density at radius 2 is 2.03 bits per heavy atom. The predicted octanol–water partition coefficient (Wildman–Crippen LogP) is 4.53. The fourth-order valence-corrected chi connectivity index (χ4v) is 5.26. The number of anilines is 1. The van der Waals surface area contributed by atoms with Gasteiger partial charge in [0.05, 0.1) is 12.6 Å². The van der Waals surface area contributed by atoms with E-state index in [4.69, 9.17) is 14.6 Å². The molecule has 9 heteroatoms. The van der Waals surface area contributed by atoms with Gasteiger partial charge in [0, 0.05) is 35.6 Å². The zero-order valence-corrected chi connectivity index (χ0v) is 21.0. The van der Waals surface area contributed by atoms with Crippen LogP contribution in [0.5, 0.6) is 11.5 Å². The number of aromatic nitrogens is 2. The molecule has 36 heavy (non-hydrogen) atoms. The van der Waals surface area contributed by atoms with Crippen LogP contribution in [0.2, 0.25) is 0 Å². The van der Waals surface area contributed by atoms with Crippen LogP contribution in [0.1, 0.15) is 36.3 Å². The number of ether oxygens (including phenoxy) is 2. The van der Waals surface area contributed by atoms with Gasteiger partial charge >= 0.3 is 0 Å². The van der Waals surface area contributed by atoms with Gasteiger partial charge in [-0.3, -0.25) is 4.90 Å². The summed E-state index contributed by atoms with van der Waals surface area (Å²) in [6.45, 7) is 4.14. The molecule has 5 rings (SSSR count). The highest BCUT2D eigenvalue weighted by atomic mass is 19.3. The van der Waals surface area contributed by atoms with Crippen molar-refractivity contribution in [3.8, 4) is 11.5 Å². The highest BCUT2D eigenvalue weighted by Gasteiger charge is 2.51. The average Bonchev–Trinajstić information content (AvgIpc) is 3.54. The fourth-order valence-electron chi connectivity index (χ4n) is 5.26. The van der Waals surface area contributed by atoms with Gasteiger partial charge < -0.3 is 19.9 Å². The molecule has 0 amide bonds. The van der Waals surface area contributed by atoms with Gasteiger partial charge in [0.1, 0.15) is 24.9 Å². The molecule has 2 heterocycles. The molecule has 2 N–H and O–H groups in total. The second kappa shape index (κ2) is 9.44. The predicted molar refractivity (Wildman–Crippen MR) is 134 cm³/mol. The lowest BCUT2D eigenvalue weighted by atomic mass is 10.0. The second-order valence-corrected chi connectivity index (χ2v) is 9.97. The number of nitrogens with one attached hydrogen (secondary N) is 1. The normalized spacial score (nSPS) is 22.4. The molecule has 1 aromatic heterocycles. The molecular weight excluding hydrogens is 466 g/mol. The number of nitrogens with zero attached hydrogens (tertiary/aromatic N) is 3. The number of benzene rings is 2. The van der Waals surface area contributed by atoms with Gasteiger partial charge in [0.25, 0.3) is 5.92 Å². The molecule has 1 saturated carbocycles. The van der Waals surface area contributed by atoms with Crippen molar-refractivity contribution >= 4 is 16.7 Å². The number of hydrogen-bond donors (Lipinski definition) is 2. The van der Waals surface area contributed by atoms with Crippen LogP contribution in [0.15, 0.2) is 36.4 Å². The van der Waals surface area contributed by atoms with Crippen LogP contribution in [-0.4, -0.2) is 59.9 Å². The van der Waals surface area contributed by atoms with E-state index >= 15 is 0 Å². The van der Waals surface area contributed by atoms with Crippen molar-refractivity contribution in [3.63, 3.8) is 0 Å². The standard InChI is InChI=1S/C27H32F2N4O3/c1-15(17-6-5-7-19(8-17)27(28,29)14-34)30-26-21-10-25(24(35-4)11-22(21)31-16(2)32-26)36-13-23-20-9-18(20)12-33(23)3/h5-8,10-11,15,18,20,23,34H,9,12-14H2,1-4H3,(H,30,31,32)/t15-,18?,20?,23-/m1/s1. The Morgan fingerprint density at radius 3 is 2.72 bits per heavy atom. The summed E-state index contributed by atoms with van der Waals surface area (Å²) < 4.78 is 40.0. The highest BCUT2D eigenvalue weighted by molar-refractivity contribution is 5.92. The first-order chi connectivity index (χ1) is 17.2. The summed E-state index contributed by atoms with van der Waals surface area (Å²) >= 11 is 0. The molecule has 0 radical (unpaired) electrons. The smallest absolute Gasteiger partial charge is 0.295 e. The lowest BCUT2D eigenvalue weighted by Crippen LogP contribution is -2.34.